The Labute approximate surface area is 110 Å². The highest BCUT2D eigenvalue weighted by Crippen LogP contribution is 2.30. The van der Waals surface area contributed by atoms with E-state index in [2.05, 4.69) is 0 Å². The fourth-order valence-corrected chi connectivity index (χ4v) is 2.57. The van der Waals surface area contributed by atoms with Gasteiger partial charge in [-0.15, -0.1) is 0 Å². The zero-order valence-electron chi connectivity index (χ0n) is 10.7. The molecule has 1 saturated heterocycles. The highest BCUT2D eigenvalue weighted by Gasteiger charge is 2.38. The van der Waals surface area contributed by atoms with E-state index >= 15 is 0 Å². The lowest BCUT2D eigenvalue weighted by atomic mass is 9.96. The molecule has 1 heterocycles. The number of likely N-dealkylation sites (tertiary alicyclic amines) is 1. The molecule has 1 aliphatic heterocycles. The molecule has 0 aromatic heterocycles. The van der Waals surface area contributed by atoms with Crippen LogP contribution < -0.4 is 0 Å². The molecule has 4 nitrogen and oxygen atoms in total. The van der Waals surface area contributed by atoms with E-state index in [-0.39, 0.29) is 24.6 Å². The van der Waals surface area contributed by atoms with Crippen molar-refractivity contribution in [3.8, 4) is 0 Å². The predicted octanol–water partition coefficient (Wildman–Crippen LogP) is 3.07. The predicted molar refractivity (Wildman–Crippen MR) is 67.1 cm³/mol. The number of hydrogen-bond acceptors (Lipinski definition) is 3. The van der Waals surface area contributed by atoms with Gasteiger partial charge in [0.1, 0.15) is 0 Å². The van der Waals surface area contributed by atoms with Gasteiger partial charge in [0.2, 0.25) is 0 Å². The molecule has 2 rings (SSSR count). The van der Waals surface area contributed by atoms with Crippen molar-refractivity contribution in [2.24, 2.45) is 5.92 Å². The third-order valence-electron chi connectivity index (χ3n) is 3.23. The summed E-state index contributed by atoms with van der Waals surface area (Å²) in [7, 11) is 0. The summed E-state index contributed by atoms with van der Waals surface area (Å²) in [5.41, 5.74) is 0.830. The zero-order chi connectivity index (χ0) is 14.0. The van der Waals surface area contributed by atoms with Gasteiger partial charge < -0.3 is 0 Å². The number of nitrogens with zero attached hydrogens (tertiary/aromatic N) is 2. The van der Waals surface area contributed by atoms with E-state index in [1.54, 1.807) is 17.0 Å². The number of benzene rings is 1. The maximum Gasteiger partial charge on any atom is 0.269 e. The first-order valence-corrected chi connectivity index (χ1v) is 6.19. The third kappa shape index (κ3) is 3.70. The van der Waals surface area contributed by atoms with E-state index in [9.17, 15) is 18.9 Å². The van der Waals surface area contributed by atoms with Gasteiger partial charge in [0.25, 0.3) is 11.6 Å². The summed E-state index contributed by atoms with van der Waals surface area (Å²) >= 11 is 0. The molecule has 1 aliphatic rings. The number of halogens is 2. The van der Waals surface area contributed by atoms with Crippen LogP contribution in [-0.2, 0) is 6.54 Å². The fraction of sp³-hybridized carbons (Fsp3) is 0.538. The van der Waals surface area contributed by atoms with Gasteiger partial charge in [0.15, 0.2) is 0 Å². The molecular weight excluding hydrogens is 254 g/mol. The molecule has 0 amide bonds. The number of alkyl halides is 2. The smallest absolute Gasteiger partial charge is 0.269 e. The molecule has 0 bridgehead atoms. The van der Waals surface area contributed by atoms with Gasteiger partial charge in [0.05, 0.1) is 11.5 Å². The second-order valence-corrected chi connectivity index (χ2v) is 5.26. The quantitative estimate of drug-likeness (QED) is 0.626. The summed E-state index contributed by atoms with van der Waals surface area (Å²) in [5, 5.41) is 10.5. The topological polar surface area (TPSA) is 46.4 Å². The van der Waals surface area contributed by atoms with Gasteiger partial charge in [-0.3, -0.25) is 15.0 Å². The highest BCUT2D eigenvalue weighted by atomic mass is 19.3. The van der Waals surface area contributed by atoms with Crippen LogP contribution in [0.1, 0.15) is 18.9 Å². The van der Waals surface area contributed by atoms with Crippen molar-refractivity contribution in [2.45, 2.75) is 25.8 Å². The minimum atomic E-state index is -2.64. The van der Waals surface area contributed by atoms with Crippen molar-refractivity contribution in [2.75, 3.05) is 13.1 Å². The molecular formula is C13H16F2N2O2. The first-order valence-electron chi connectivity index (χ1n) is 6.19. The lowest BCUT2D eigenvalue weighted by Crippen LogP contribution is -2.45. The van der Waals surface area contributed by atoms with Crippen LogP contribution in [-0.4, -0.2) is 28.8 Å². The van der Waals surface area contributed by atoms with Gasteiger partial charge in [0, 0.05) is 31.6 Å². The van der Waals surface area contributed by atoms with E-state index in [1.807, 2.05) is 6.92 Å². The summed E-state index contributed by atoms with van der Waals surface area (Å²) < 4.78 is 26.9. The van der Waals surface area contributed by atoms with Crippen LogP contribution in [0.25, 0.3) is 0 Å². The number of hydrogen-bond donors (Lipinski definition) is 0. The molecule has 1 aromatic carbocycles. The Morgan fingerprint density at radius 1 is 1.42 bits per heavy atom. The number of nitro benzene ring substituents is 1. The number of piperidine rings is 1. The largest absolute Gasteiger partial charge is 0.293 e. The minimum absolute atomic E-state index is 0.0149. The van der Waals surface area contributed by atoms with Crippen molar-refractivity contribution in [3.63, 3.8) is 0 Å². The molecule has 1 fully saturated rings. The summed E-state index contributed by atoms with van der Waals surface area (Å²) in [5.74, 6) is -2.68. The van der Waals surface area contributed by atoms with Crippen molar-refractivity contribution in [3.05, 3.63) is 39.9 Å². The Morgan fingerprint density at radius 3 is 2.58 bits per heavy atom. The fourth-order valence-electron chi connectivity index (χ4n) is 2.57. The summed E-state index contributed by atoms with van der Waals surface area (Å²) in [4.78, 5) is 11.8. The number of nitro groups is 1. The monoisotopic (exact) mass is 270 g/mol. The summed E-state index contributed by atoms with van der Waals surface area (Å²) in [6, 6.07) is 6.05. The van der Waals surface area contributed by atoms with Crippen LogP contribution in [0.3, 0.4) is 0 Å². The van der Waals surface area contributed by atoms with E-state index in [1.165, 1.54) is 12.1 Å². The van der Waals surface area contributed by atoms with E-state index < -0.39 is 10.8 Å². The van der Waals surface area contributed by atoms with Crippen LogP contribution in [0.15, 0.2) is 24.3 Å². The van der Waals surface area contributed by atoms with Gasteiger partial charge >= 0.3 is 0 Å². The molecule has 0 unspecified atom stereocenters. The van der Waals surface area contributed by atoms with E-state index in [0.717, 1.165) is 5.56 Å². The lowest BCUT2D eigenvalue weighted by Gasteiger charge is -2.36. The summed E-state index contributed by atoms with van der Waals surface area (Å²) in [6.07, 6.45) is -0.0657. The molecule has 0 radical (unpaired) electrons. The van der Waals surface area contributed by atoms with Crippen molar-refractivity contribution in [1.29, 1.82) is 0 Å². The molecule has 19 heavy (non-hydrogen) atoms. The van der Waals surface area contributed by atoms with Crippen LogP contribution in [0.2, 0.25) is 0 Å². The Bertz CT molecular complexity index is 462. The van der Waals surface area contributed by atoms with Crippen LogP contribution in [0, 0.1) is 16.0 Å². The Morgan fingerprint density at radius 2 is 2.05 bits per heavy atom. The van der Waals surface area contributed by atoms with E-state index in [4.69, 9.17) is 0 Å². The average molecular weight is 270 g/mol. The molecule has 0 saturated carbocycles. The molecule has 0 spiro atoms. The average Bonchev–Trinajstić information content (AvgIpc) is 2.26. The summed E-state index contributed by atoms with van der Waals surface area (Å²) in [6.45, 7) is 2.61. The molecule has 1 aromatic rings. The van der Waals surface area contributed by atoms with Gasteiger partial charge in [-0.1, -0.05) is 19.1 Å². The minimum Gasteiger partial charge on any atom is -0.293 e. The van der Waals surface area contributed by atoms with Gasteiger partial charge in [-0.05, 0) is 11.5 Å². The second-order valence-electron chi connectivity index (χ2n) is 5.26. The van der Waals surface area contributed by atoms with Crippen LogP contribution >= 0.6 is 0 Å². The van der Waals surface area contributed by atoms with Gasteiger partial charge in [-0.25, -0.2) is 8.78 Å². The van der Waals surface area contributed by atoms with Gasteiger partial charge in [-0.2, -0.15) is 0 Å². The van der Waals surface area contributed by atoms with Crippen molar-refractivity contribution < 1.29 is 13.7 Å². The molecule has 1 atom stereocenters. The standard InChI is InChI=1S/C13H16F2N2O2/c1-10-6-13(14,15)9-16(7-10)8-11-2-4-12(5-3-11)17(18)19/h2-5,10H,6-9H2,1H3/t10-/m1/s1. The highest BCUT2D eigenvalue weighted by molar-refractivity contribution is 5.32. The molecule has 104 valence electrons. The number of non-ortho nitro benzene ring substituents is 1. The van der Waals surface area contributed by atoms with Crippen molar-refractivity contribution in [1.82, 2.24) is 4.90 Å². The SMILES string of the molecule is C[C@H]1CN(Cc2ccc([N+](=O)[O-])cc2)CC(F)(F)C1. The zero-order valence-corrected chi connectivity index (χ0v) is 10.7. The van der Waals surface area contributed by atoms with E-state index in [0.29, 0.717) is 13.1 Å². The maximum absolute atomic E-state index is 13.4. The first-order chi connectivity index (χ1) is 8.85. The normalized spacial score (nSPS) is 23.2. The first kappa shape index (κ1) is 13.9. The molecule has 6 heteroatoms. The Kier molecular flexibility index (Phi) is 3.80. The van der Waals surface area contributed by atoms with Crippen LogP contribution in [0.5, 0.6) is 0 Å². The molecule has 0 N–H and O–H groups in total. The third-order valence-corrected chi connectivity index (χ3v) is 3.23. The Balaban J connectivity index is 2.02. The number of rotatable bonds is 3. The lowest BCUT2D eigenvalue weighted by molar-refractivity contribution is -0.384. The van der Waals surface area contributed by atoms with Crippen LogP contribution in [0.4, 0.5) is 14.5 Å². The Hall–Kier alpha value is -1.56. The second kappa shape index (κ2) is 5.21. The molecule has 0 aliphatic carbocycles. The maximum atomic E-state index is 13.4. The van der Waals surface area contributed by atoms with Crippen molar-refractivity contribution >= 4 is 5.69 Å².